The van der Waals surface area contributed by atoms with Crippen molar-refractivity contribution in [2.45, 2.75) is 65.1 Å². The summed E-state index contributed by atoms with van der Waals surface area (Å²) in [5.74, 6) is 1.28. The van der Waals surface area contributed by atoms with E-state index >= 15 is 0 Å². The molecule has 5 aromatic heterocycles. The second-order valence-corrected chi connectivity index (χ2v) is 19.4. The average Bonchev–Trinajstić information content (AvgIpc) is 4.08. The molecule has 0 saturated carbocycles. The van der Waals surface area contributed by atoms with E-state index in [2.05, 4.69) is 141 Å². The van der Waals surface area contributed by atoms with Crippen LogP contribution in [0.1, 0.15) is 37.8 Å². The van der Waals surface area contributed by atoms with Crippen LogP contribution in [-0.4, -0.2) is 135 Å². The van der Waals surface area contributed by atoms with Gasteiger partial charge in [-0.2, -0.15) is 5.10 Å². The molecule has 4 atom stereocenters. The number of aliphatic hydroxyl groups is 2. The number of benzene rings is 2. The van der Waals surface area contributed by atoms with Crippen LogP contribution >= 0.6 is 22.6 Å². The van der Waals surface area contributed by atoms with E-state index in [1.165, 1.54) is 14.7 Å². The first-order valence-corrected chi connectivity index (χ1v) is 24.7. The number of likely N-dealkylation sites (tertiary alicyclic amines) is 2. The van der Waals surface area contributed by atoms with Crippen molar-refractivity contribution in [2.24, 2.45) is 30.4 Å². The van der Waals surface area contributed by atoms with E-state index in [-0.39, 0.29) is 36.7 Å². The summed E-state index contributed by atoms with van der Waals surface area (Å²) in [6, 6.07) is 21.2. The monoisotopic (exact) mass is 1050 g/mol. The predicted molar refractivity (Wildman–Crippen MR) is 276 cm³/mol. The Labute approximate surface area is 416 Å². The van der Waals surface area contributed by atoms with Crippen LogP contribution in [0.15, 0.2) is 98.1 Å². The highest BCUT2D eigenvalue weighted by Crippen LogP contribution is 2.30. The lowest BCUT2D eigenvalue weighted by Gasteiger charge is -2.35. The molecule has 9 rings (SSSR count). The maximum Gasteiger partial charge on any atom is 0.231 e. The smallest absolute Gasteiger partial charge is 0.231 e. The summed E-state index contributed by atoms with van der Waals surface area (Å²) in [5, 5.41) is 27.6. The number of aromatic nitrogens is 8. The van der Waals surface area contributed by atoms with E-state index in [0.717, 1.165) is 96.9 Å². The molecule has 7 aromatic rings. The van der Waals surface area contributed by atoms with E-state index < -0.39 is 12.2 Å². The third kappa shape index (κ3) is 12.2. The Morgan fingerprint density at radius 2 is 1.14 bits per heavy atom. The van der Waals surface area contributed by atoms with Crippen LogP contribution in [0.3, 0.4) is 0 Å². The highest BCUT2D eigenvalue weighted by atomic mass is 127. The van der Waals surface area contributed by atoms with Gasteiger partial charge in [0.05, 0.1) is 42.3 Å². The summed E-state index contributed by atoms with van der Waals surface area (Å²) in [6.45, 7) is 11.5. The van der Waals surface area contributed by atoms with Gasteiger partial charge < -0.3 is 40.6 Å². The molecule has 364 valence electrons. The van der Waals surface area contributed by atoms with Crippen LogP contribution in [0.2, 0.25) is 0 Å². The quantitative estimate of drug-likeness (QED) is 0.0940. The van der Waals surface area contributed by atoms with E-state index in [9.17, 15) is 19.8 Å². The second-order valence-electron chi connectivity index (χ2n) is 18.2. The molecule has 6 N–H and O–H groups in total. The third-order valence-corrected chi connectivity index (χ3v) is 14.0. The number of fused-ring (bicyclic) bond motifs is 2. The average molecular weight is 1050 g/mol. The molecular formula is C50H63IN14O4. The number of carbonyl (C=O) groups is 2. The molecule has 19 heteroatoms. The molecule has 69 heavy (non-hydrogen) atoms. The highest BCUT2D eigenvalue weighted by Gasteiger charge is 2.31. The Kier molecular flexibility index (Phi) is 16.2. The number of anilines is 2. The minimum absolute atomic E-state index is 0.0822. The molecule has 18 nitrogen and oxygen atoms in total. The Hall–Kier alpha value is -6.00. The summed E-state index contributed by atoms with van der Waals surface area (Å²) in [4.78, 5) is 49.1. The molecule has 7 heterocycles. The molecule has 0 bridgehead atoms. The summed E-state index contributed by atoms with van der Waals surface area (Å²) in [5.41, 5.74) is 17.0. The highest BCUT2D eigenvalue weighted by molar-refractivity contribution is 14.1. The Balaban J connectivity index is 0.000000188. The van der Waals surface area contributed by atoms with Crippen LogP contribution in [-0.2, 0) is 42.8 Å². The normalized spacial score (nSPS) is 18.8. The Bertz CT molecular complexity index is 2810. The molecule has 2 fully saturated rings. The number of amides is 2. The summed E-state index contributed by atoms with van der Waals surface area (Å²) in [6.07, 6.45) is 11.8. The first-order valence-electron chi connectivity index (χ1n) is 23.6. The molecule has 0 radical (unpaired) electrons. The van der Waals surface area contributed by atoms with Gasteiger partial charge in [-0.3, -0.25) is 24.1 Å². The second kappa shape index (κ2) is 22.6. The molecular weight excluding hydrogens is 988 g/mol. The van der Waals surface area contributed by atoms with E-state index in [0.29, 0.717) is 26.2 Å². The third-order valence-electron chi connectivity index (χ3n) is 13.3. The number of aryl methyl sites for hydroxylation is 1. The van der Waals surface area contributed by atoms with Crippen molar-refractivity contribution >= 4 is 68.1 Å². The Morgan fingerprint density at radius 1 is 0.681 bits per heavy atom. The zero-order valence-electron chi connectivity index (χ0n) is 39.6. The lowest BCUT2D eigenvalue weighted by molar-refractivity contribution is -0.121. The standard InChI is InChI=1S/C27H34N8O2.C23H29IN6O2/c1-3-34(13-19-4-6-20(7-5-19)22-12-31-32(2)14-22)26-23-9-11-35(27(23)30-18-29-26)15-21-8-10-33(16-24(21)36)17-25(28)37;1-2-29(11-16-3-5-18(24)6-4-16)22-19-8-10-30(23(19)27-15-26-22)12-17-7-9-28(13-20(17)31)14-21(25)32/h4-7,9,11-12,14,18,21,24,36H,3,8,10,13,15-17H2,1-2H3,(H2,28,37);3-6,8,10,15,17,20,31H,2,7,9,11-14H2,1H3,(H2,25,32)/t21-,24+;17-,20+/m00/s1. The van der Waals surface area contributed by atoms with Gasteiger partial charge >= 0.3 is 0 Å². The number of rotatable bonds is 17. The number of nitrogens with two attached hydrogens (primary N) is 2. The van der Waals surface area contributed by atoms with Crippen LogP contribution in [0.4, 0.5) is 11.6 Å². The number of primary amides is 2. The van der Waals surface area contributed by atoms with Crippen LogP contribution < -0.4 is 21.3 Å². The SMILES string of the molecule is CCN(Cc1ccc(-c2cnn(C)c2)cc1)c1ncnc2c1ccn2C[C@@H]1CCN(CC(N)=O)C[C@H]1O.CCN(Cc1ccc(I)cc1)c1ncnc2c1ccn2C[C@@H]1CCN(CC(N)=O)C[C@H]1O. The fourth-order valence-electron chi connectivity index (χ4n) is 9.61. The molecule has 2 aromatic carbocycles. The lowest BCUT2D eigenvalue weighted by atomic mass is 9.93. The van der Waals surface area contributed by atoms with Gasteiger partial charge in [0.15, 0.2) is 0 Å². The molecule has 0 spiro atoms. The van der Waals surface area contributed by atoms with Gasteiger partial charge in [0.1, 0.15) is 35.6 Å². The minimum Gasteiger partial charge on any atom is -0.391 e. The molecule has 2 saturated heterocycles. The predicted octanol–water partition coefficient (Wildman–Crippen LogP) is 4.26. The van der Waals surface area contributed by atoms with Crippen LogP contribution in [0.5, 0.6) is 0 Å². The number of hydrogen-bond acceptors (Lipinski definition) is 13. The van der Waals surface area contributed by atoms with Crippen molar-refractivity contribution in [3.05, 3.63) is 113 Å². The number of β-amino-alcohol motifs (C(OH)–C–C–N with tert-alkyl or cyclic N) is 2. The van der Waals surface area contributed by atoms with Crippen molar-refractivity contribution in [2.75, 3.05) is 62.2 Å². The van der Waals surface area contributed by atoms with Crippen LogP contribution in [0.25, 0.3) is 33.2 Å². The number of halogens is 1. The molecule has 2 aliphatic heterocycles. The first-order chi connectivity index (χ1) is 33.3. The van der Waals surface area contributed by atoms with E-state index in [1.54, 1.807) is 12.7 Å². The van der Waals surface area contributed by atoms with Crippen molar-refractivity contribution in [3.8, 4) is 11.1 Å². The molecule has 2 amide bonds. The summed E-state index contributed by atoms with van der Waals surface area (Å²) >= 11 is 2.32. The van der Waals surface area contributed by atoms with E-state index in [1.807, 2.05) is 46.3 Å². The molecule has 0 aliphatic carbocycles. The molecule has 0 unspecified atom stereocenters. The number of hydrogen-bond donors (Lipinski definition) is 4. The maximum absolute atomic E-state index is 11.2. The topological polar surface area (TPSA) is 219 Å². The summed E-state index contributed by atoms with van der Waals surface area (Å²) < 4.78 is 7.24. The fraction of sp³-hybridized carbons (Fsp3) is 0.420. The van der Waals surface area contributed by atoms with Crippen molar-refractivity contribution in [1.29, 1.82) is 0 Å². The van der Waals surface area contributed by atoms with Gasteiger partial charge in [-0.05, 0) is 103 Å². The number of aliphatic hydroxyl groups excluding tert-OH is 2. The van der Waals surface area contributed by atoms with Gasteiger partial charge in [-0.25, -0.2) is 19.9 Å². The Morgan fingerprint density at radius 3 is 1.55 bits per heavy atom. The largest absolute Gasteiger partial charge is 0.391 e. The van der Waals surface area contributed by atoms with Crippen molar-refractivity contribution < 1.29 is 19.8 Å². The van der Waals surface area contributed by atoms with Gasteiger partial charge in [0.25, 0.3) is 0 Å². The fourth-order valence-corrected chi connectivity index (χ4v) is 9.97. The number of piperidine rings is 2. The lowest BCUT2D eigenvalue weighted by Crippen LogP contribution is -2.47. The first kappa shape index (κ1) is 49.4. The molecule has 2 aliphatic rings. The van der Waals surface area contributed by atoms with Gasteiger partial charge in [0, 0.05) is 99.0 Å². The maximum atomic E-state index is 11.2. The van der Waals surface area contributed by atoms with Gasteiger partial charge in [0.2, 0.25) is 11.8 Å². The van der Waals surface area contributed by atoms with Crippen LogP contribution in [0, 0.1) is 15.4 Å². The van der Waals surface area contributed by atoms with E-state index in [4.69, 9.17) is 11.5 Å². The zero-order valence-corrected chi connectivity index (χ0v) is 41.7. The van der Waals surface area contributed by atoms with Crippen molar-refractivity contribution in [3.63, 3.8) is 0 Å². The minimum atomic E-state index is -0.520. The number of nitrogens with zero attached hydrogens (tertiary/aromatic N) is 12. The zero-order chi connectivity index (χ0) is 48.6. The van der Waals surface area contributed by atoms with Gasteiger partial charge in [-0.15, -0.1) is 0 Å². The van der Waals surface area contributed by atoms with Gasteiger partial charge in [-0.1, -0.05) is 36.4 Å². The van der Waals surface area contributed by atoms with Crippen molar-refractivity contribution in [1.82, 2.24) is 48.7 Å². The number of carbonyl (C=O) groups excluding carboxylic acids is 2. The summed E-state index contributed by atoms with van der Waals surface area (Å²) in [7, 11) is 1.92.